The van der Waals surface area contributed by atoms with Crippen LogP contribution < -0.4 is 5.32 Å². The fraction of sp³-hybridized carbons (Fsp3) is 0.467. The smallest absolute Gasteiger partial charge is 0.234 e. The van der Waals surface area contributed by atoms with Crippen molar-refractivity contribution in [3.63, 3.8) is 0 Å². The van der Waals surface area contributed by atoms with Crippen molar-refractivity contribution < 1.29 is 9.26 Å². The van der Waals surface area contributed by atoms with Gasteiger partial charge in [0.05, 0.1) is 5.92 Å². The van der Waals surface area contributed by atoms with E-state index in [-0.39, 0.29) is 12.0 Å². The molecule has 0 aliphatic carbocycles. The monoisotopic (exact) mass is 273 g/mol. The number of anilines is 1. The number of hydrogen-bond donors (Lipinski definition) is 1. The highest BCUT2D eigenvalue weighted by molar-refractivity contribution is 5.56. The van der Waals surface area contributed by atoms with Crippen LogP contribution in [0.2, 0.25) is 0 Å². The summed E-state index contributed by atoms with van der Waals surface area (Å²) < 4.78 is 11.0. The van der Waals surface area contributed by atoms with Crippen molar-refractivity contribution in [2.75, 3.05) is 18.5 Å². The van der Waals surface area contributed by atoms with Gasteiger partial charge in [-0.05, 0) is 31.9 Å². The normalized spacial score (nSPS) is 19.2. The van der Waals surface area contributed by atoms with E-state index in [1.807, 2.05) is 26.0 Å². The third kappa shape index (κ3) is 2.41. The number of ether oxygens (including phenoxy) is 1. The fourth-order valence-corrected chi connectivity index (χ4v) is 2.60. The van der Waals surface area contributed by atoms with Crippen molar-refractivity contribution in [2.24, 2.45) is 0 Å². The molecule has 0 saturated carbocycles. The van der Waals surface area contributed by atoms with Gasteiger partial charge in [0.1, 0.15) is 6.10 Å². The lowest BCUT2D eigenvalue weighted by Gasteiger charge is -2.23. The lowest BCUT2D eigenvalue weighted by Crippen LogP contribution is -2.17. The Labute approximate surface area is 118 Å². The second-order valence-corrected chi connectivity index (χ2v) is 4.94. The second-order valence-electron chi connectivity index (χ2n) is 4.94. The van der Waals surface area contributed by atoms with Gasteiger partial charge in [0.25, 0.3) is 0 Å². The number of nitrogens with one attached hydrogen (secondary N) is 1. The molecule has 2 heterocycles. The summed E-state index contributed by atoms with van der Waals surface area (Å²) >= 11 is 0. The van der Waals surface area contributed by atoms with Gasteiger partial charge >= 0.3 is 0 Å². The molecule has 106 valence electrons. The van der Waals surface area contributed by atoms with E-state index in [0.29, 0.717) is 18.3 Å². The van der Waals surface area contributed by atoms with Gasteiger partial charge < -0.3 is 14.6 Å². The standard InChI is InChI=1S/C15H19N3O2/c1-3-19-10(2)14-17-15(20-18-14)12-8-9-16-13-7-5-4-6-11(12)13/h4-7,10,12,16H,3,8-9H2,1-2H3. The highest BCUT2D eigenvalue weighted by Gasteiger charge is 2.27. The third-order valence-corrected chi connectivity index (χ3v) is 3.62. The molecule has 1 N–H and O–H groups in total. The molecule has 0 spiro atoms. The minimum Gasteiger partial charge on any atom is -0.385 e. The molecule has 0 bridgehead atoms. The van der Waals surface area contributed by atoms with Crippen LogP contribution in [-0.4, -0.2) is 23.3 Å². The molecule has 1 aliphatic heterocycles. The zero-order valence-corrected chi connectivity index (χ0v) is 11.8. The third-order valence-electron chi connectivity index (χ3n) is 3.62. The molecular formula is C15H19N3O2. The number of benzene rings is 1. The maximum atomic E-state index is 5.50. The van der Waals surface area contributed by atoms with Crippen molar-refractivity contribution in [3.8, 4) is 0 Å². The van der Waals surface area contributed by atoms with Gasteiger partial charge in [0.2, 0.25) is 5.89 Å². The summed E-state index contributed by atoms with van der Waals surface area (Å²) in [6.45, 7) is 5.46. The van der Waals surface area contributed by atoms with Crippen molar-refractivity contribution >= 4 is 5.69 Å². The van der Waals surface area contributed by atoms with Crippen LogP contribution in [-0.2, 0) is 4.74 Å². The Morgan fingerprint density at radius 1 is 1.45 bits per heavy atom. The molecule has 3 rings (SSSR count). The molecule has 2 unspecified atom stereocenters. The van der Waals surface area contributed by atoms with Crippen molar-refractivity contribution in [3.05, 3.63) is 41.5 Å². The van der Waals surface area contributed by atoms with Crippen molar-refractivity contribution in [1.29, 1.82) is 0 Å². The number of nitrogens with zero attached hydrogens (tertiary/aromatic N) is 2. The molecule has 2 atom stereocenters. The zero-order chi connectivity index (χ0) is 13.9. The first-order valence-corrected chi connectivity index (χ1v) is 7.07. The second kappa shape index (κ2) is 5.63. The quantitative estimate of drug-likeness (QED) is 0.927. The van der Waals surface area contributed by atoms with E-state index in [4.69, 9.17) is 9.26 Å². The van der Waals surface area contributed by atoms with Crippen LogP contribution in [0.15, 0.2) is 28.8 Å². The molecule has 1 aliphatic rings. The Balaban J connectivity index is 1.87. The van der Waals surface area contributed by atoms with Gasteiger partial charge in [-0.1, -0.05) is 23.4 Å². The number of para-hydroxylation sites is 1. The molecule has 0 radical (unpaired) electrons. The van der Waals surface area contributed by atoms with Gasteiger partial charge in [-0.3, -0.25) is 0 Å². The number of fused-ring (bicyclic) bond motifs is 1. The molecule has 5 nitrogen and oxygen atoms in total. The maximum Gasteiger partial charge on any atom is 0.234 e. The van der Waals surface area contributed by atoms with E-state index < -0.39 is 0 Å². The largest absolute Gasteiger partial charge is 0.385 e. The lowest BCUT2D eigenvalue weighted by molar-refractivity contribution is 0.0683. The van der Waals surface area contributed by atoms with Crippen molar-refractivity contribution in [2.45, 2.75) is 32.3 Å². The van der Waals surface area contributed by atoms with Crippen LogP contribution in [0.1, 0.15) is 49.6 Å². The van der Waals surface area contributed by atoms with Gasteiger partial charge in [-0.15, -0.1) is 0 Å². The molecule has 0 saturated heterocycles. The summed E-state index contributed by atoms with van der Waals surface area (Å²) in [5, 5.41) is 7.45. The molecule has 20 heavy (non-hydrogen) atoms. The van der Waals surface area contributed by atoms with E-state index in [1.54, 1.807) is 0 Å². The summed E-state index contributed by atoms with van der Waals surface area (Å²) in [4.78, 5) is 4.52. The Morgan fingerprint density at radius 3 is 3.15 bits per heavy atom. The first-order valence-electron chi connectivity index (χ1n) is 7.07. The van der Waals surface area contributed by atoms with Gasteiger partial charge in [-0.2, -0.15) is 4.98 Å². The number of hydrogen-bond acceptors (Lipinski definition) is 5. The average molecular weight is 273 g/mol. The molecule has 1 aromatic heterocycles. The summed E-state index contributed by atoms with van der Waals surface area (Å²) in [5.41, 5.74) is 2.37. The zero-order valence-electron chi connectivity index (χ0n) is 11.8. The summed E-state index contributed by atoms with van der Waals surface area (Å²) in [6.07, 6.45) is 0.830. The molecule has 0 fully saturated rings. The van der Waals surface area contributed by atoms with E-state index in [2.05, 4.69) is 27.6 Å². The Hall–Kier alpha value is -1.88. The Bertz CT molecular complexity index is 582. The van der Waals surface area contributed by atoms with E-state index in [0.717, 1.165) is 18.7 Å². The summed E-state index contributed by atoms with van der Waals surface area (Å²) in [5.74, 6) is 1.47. The Kier molecular flexibility index (Phi) is 3.69. The van der Waals surface area contributed by atoms with Crippen LogP contribution in [0.25, 0.3) is 0 Å². The Morgan fingerprint density at radius 2 is 2.30 bits per heavy atom. The number of rotatable bonds is 4. The first-order chi connectivity index (χ1) is 9.79. The van der Waals surface area contributed by atoms with Crippen LogP contribution in [0.4, 0.5) is 5.69 Å². The summed E-state index contributed by atoms with van der Waals surface area (Å²) in [7, 11) is 0. The predicted molar refractivity (Wildman–Crippen MR) is 75.7 cm³/mol. The highest BCUT2D eigenvalue weighted by atomic mass is 16.5. The van der Waals surface area contributed by atoms with Gasteiger partial charge in [0, 0.05) is 18.8 Å². The SMILES string of the molecule is CCOC(C)c1noc(C2CCNc3ccccc32)n1. The molecule has 1 aromatic carbocycles. The topological polar surface area (TPSA) is 60.2 Å². The van der Waals surface area contributed by atoms with Gasteiger partial charge in [0.15, 0.2) is 5.82 Å². The van der Waals surface area contributed by atoms with Gasteiger partial charge in [-0.25, -0.2) is 0 Å². The minimum atomic E-state index is -0.130. The number of aromatic nitrogens is 2. The van der Waals surface area contributed by atoms with Crippen LogP contribution in [0.3, 0.4) is 0 Å². The molecule has 0 amide bonds. The maximum absolute atomic E-state index is 5.50. The highest BCUT2D eigenvalue weighted by Crippen LogP contribution is 2.35. The fourth-order valence-electron chi connectivity index (χ4n) is 2.60. The summed E-state index contributed by atoms with van der Waals surface area (Å²) in [6, 6.07) is 8.27. The molecular weight excluding hydrogens is 254 g/mol. The first kappa shape index (κ1) is 13.1. The van der Waals surface area contributed by atoms with Crippen LogP contribution in [0.5, 0.6) is 0 Å². The lowest BCUT2D eigenvalue weighted by atomic mass is 9.91. The average Bonchev–Trinajstić information content (AvgIpc) is 2.97. The minimum absolute atomic E-state index is 0.130. The van der Waals surface area contributed by atoms with Crippen LogP contribution in [0, 0.1) is 0 Å². The van der Waals surface area contributed by atoms with Crippen molar-refractivity contribution in [1.82, 2.24) is 10.1 Å². The van der Waals surface area contributed by atoms with Crippen LogP contribution >= 0.6 is 0 Å². The van der Waals surface area contributed by atoms with E-state index >= 15 is 0 Å². The predicted octanol–water partition coefficient (Wildman–Crippen LogP) is 3.11. The molecule has 2 aromatic rings. The van der Waals surface area contributed by atoms with E-state index in [1.165, 1.54) is 5.56 Å². The molecule has 5 heteroatoms. The van der Waals surface area contributed by atoms with E-state index in [9.17, 15) is 0 Å².